The molecule has 1 atom stereocenters. The fourth-order valence-corrected chi connectivity index (χ4v) is 3.54. The Morgan fingerprint density at radius 2 is 2.20 bits per heavy atom. The highest BCUT2D eigenvalue weighted by atomic mass is 32.2. The molecule has 20 heavy (non-hydrogen) atoms. The lowest BCUT2D eigenvalue weighted by Crippen LogP contribution is -2.08. The van der Waals surface area contributed by atoms with E-state index in [0.29, 0.717) is 18.5 Å². The Bertz CT molecular complexity index is 487. The monoisotopic (exact) mass is 292 g/mol. The van der Waals surface area contributed by atoms with Gasteiger partial charge in [-0.1, -0.05) is 37.2 Å². The zero-order valence-corrected chi connectivity index (χ0v) is 12.5. The predicted molar refractivity (Wildman–Crippen MR) is 83.3 cm³/mol. The Balaban J connectivity index is 1.62. The van der Waals surface area contributed by atoms with E-state index in [4.69, 9.17) is 9.47 Å². The standard InChI is InChI=1S/C15H20N2O2S/c1-2-4-13-10-16-15(20-13)17-12-6-3-5-11(9-12)14-18-7-8-19-14/h3,5-6,9,13-14H,2,4,7-8,10H2,1H3,(H,16,17). The van der Waals surface area contributed by atoms with Crippen LogP contribution in [-0.4, -0.2) is 30.2 Å². The van der Waals surface area contributed by atoms with Crippen LogP contribution in [0, 0.1) is 0 Å². The maximum atomic E-state index is 5.53. The summed E-state index contributed by atoms with van der Waals surface area (Å²) >= 11 is 1.84. The lowest BCUT2D eigenvalue weighted by atomic mass is 10.2. The Morgan fingerprint density at radius 3 is 3.00 bits per heavy atom. The molecule has 0 radical (unpaired) electrons. The topological polar surface area (TPSA) is 42.9 Å². The largest absolute Gasteiger partial charge is 0.346 e. The molecule has 2 aliphatic heterocycles. The average molecular weight is 292 g/mol. The SMILES string of the molecule is CCCC1CN=C(Nc2cccc(C3OCCO3)c2)S1. The summed E-state index contributed by atoms with van der Waals surface area (Å²) in [4.78, 5) is 4.56. The Hall–Kier alpha value is -1.04. The third-order valence-electron chi connectivity index (χ3n) is 3.36. The van der Waals surface area contributed by atoms with Gasteiger partial charge >= 0.3 is 0 Å². The molecule has 108 valence electrons. The lowest BCUT2D eigenvalue weighted by Gasteiger charge is -2.12. The highest BCUT2D eigenvalue weighted by Crippen LogP contribution is 2.28. The summed E-state index contributed by atoms with van der Waals surface area (Å²) in [6.07, 6.45) is 2.22. The number of aliphatic imine (C=N–C) groups is 1. The van der Waals surface area contributed by atoms with E-state index in [1.807, 2.05) is 23.9 Å². The molecule has 0 saturated carbocycles. The van der Waals surface area contributed by atoms with Crippen molar-refractivity contribution in [2.24, 2.45) is 4.99 Å². The number of hydrogen-bond acceptors (Lipinski definition) is 5. The van der Waals surface area contributed by atoms with Crippen molar-refractivity contribution in [2.75, 3.05) is 25.1 Å². The molecule has 2 aliphatic rings. The van der Waals surface area contributed by atoms with Crippen molar-refractivity contribution in [1.82, 2.24) is 0 Å². The molecule has 5 heteroatoms. The van der Waals surface area contributed by atoms with Gasteiger partial charge in [0.05, 0.1) is 19.8 Å². The number of anilines is 1. The Labute approximate surface area is 123 Å². The molecular weight excluding hydrogens is 272 g/mol. The smallest absolute Gasteiger partial charge is 0.184 e. The molecule has 1 unspecified atom stereocenters. The van der Waals surface area contributed by atoms with Crippen molar-refractivity contribution < 1.29 is 9.47 Å². The van der Waals surface area contributed by atoms with E-state index in [-0.39, 0.29) is 6.29 Å². The summed E-state index contributed by atoms with van der Waals surface area (Å²) in [5.41, 5.74) is 2.10. The Kier molecular flexibility index (Phi) is 4.60. The average Bonchev–Trinajstić information content (AvgIpc) is 3.11. The number of nitrogens with one attached hydrogen (secondary N) is 1. The van der Waals surface area contributed by atoms with E-state index < -0.39 is 0 Å². The molecule has 0 aliphatic carbocycles. The molecule has 1 aromatic rings. The second-order valence-corrected chi connectivity index (χ2v) is 6.29. The van der Waals surface area contributed by atoms with Crippen LogP contribution in [0.2, 0.25) is 0 Å². The van der Waals surface area contributed by atoms with Gasteiger partial charge in [0.2, 0.25) is 0 Å². The first-order valence-corrected chi connectivity index (χ1v) is 8.04. The normalized spacial score (nSPS) is 23.1. The van der Waals surface area contributed by atoms with Gasteiger partial charge in [-0.3, -0.25) is 4.99 Å². The number of ether oxygens (including phenoxy) is 2. The molecule has 0 amide bonds. The van der Waals surface area contributed by atoms with Crippen molar-refractivity contribution >= 4 is 22.6 Å². The first kappa shape index (κ1) is 13.9. The number of benzene rings is 1. The van der Waals surface area contributed by atoms with E-state index in [1.165, 1.54) is 12.8 Å². The summed E-state index contributed by atoms with van der Waals surface area (Å²) in [5, 5.41) is 5.05. The van der Waals surface area contributed by atoms with Crippen molar-refractivity contribution in [2.45, 2.75) is 31.3 Å². The zero-order valence-electron chi connectivity index (χ0n) is 11.7. The number of thioether (sulfide) groups is 1. The Morgan fingerprint density at radius 1 is 1.35 bits per heavy atom. The van der Waals surface area contributed by atoms with E-state index in [9.17, 15) is 0 Å². The quantitative estimate of drug-likeness (QED) is 0.923. The minimum Gasteiger partial charge on any atom is -0.346 e. The van der Waals surface area contributed by atoms with Crippen LogP contribution in [0.5, 0.6) is 0 Å². The van der Waals surface area contributed by atoms with Gasteiger partial charge in [-0.2, -0.15) is 0 Å². The minimum absolute atomic E-state index is 0.220. The molecule has 3 rings (SSSR count). The predicted octanol–water partition coefficient (Wildman–Crippen LogP) is 3.42. The summed E-state index contributed by atoms with van der Waals surface area (Å²) in [6.45, 7) is 4.49. The fourth-order valence-electron chi connectivity index (χ4n) is 2.40. The highest BCUT2D eigenvalue weighted by molar-refractivity contribution is 8.15. The molecule has 2 heterocycles. The van der Waals surface area contributed by atoms with Crippen LogP contribution in [-0.2, 0) is 9.47 Å². The van der Waals surface area contributed by atoms with Gasteiger partial charge in [0.15, 0.2) is 11.5 Å². The van der Waals surface area contributed by atoms with Crippen molar-refractivity contribution in [3.05, 3.63) is 29.8 Å². The number of amidine groups is 1. The van der Waals surface area contributed by atoms with Crippen LogP contribution in [0.3, 0.4) is 0 Å². The van der Waals surface area contributed by atoms with Gasteiger partial charge in [0.1, 0.15) is 0 Å². The van der Waals surface area contributed by atoms with Gasteiger partial charge in [0, 0.05) is 16.5 Å². The molecule has 1 aromatic carbocycles. The van der Waals surface area contributed by atoms with E-state index in [1.54, 1.807) is 0 Å². The van der Waals surface area contributed by atoms with Gasteiger partial charge in [0.25, 0.3) is 0 Å². The molecule has 0 aromatic heterocycles. The van der Waals surface area contributed by atoms with Gasteiger partial charge in [-0.05, 0) is 18.6 Å². The molecule has 0 bridgehead atoms. The third-order valence-corrected chi connectivity index (χ3v) is 4.53. The van der Waals surface area contributed by atoms with E-state index in [2.05, 4.69) is 29.4 Å². The number of rotatable bonds is 4. The van der Waals surface area contributed by atoms with Gasteiger partial charge in [-0.25, -0.2) is 0 Å². The second kappa shape index (κ2) is 6.61. The molecule has 1 fully saturated rings. The molecule has 1 saturated heterocycles. The fraction of sp³-hybridized carbons (Fsp3) is 0.533. The zero-order chi connectivity index (χ0) is 13.8. The molecule has 1 N–H and O–H groups in total. The molecular formula is C15H20N2O2S. The third kappa shape index (κ3) is 3.34. The lowest BCUT2D eigenvalue weighted by molar-refractivity contribution is -0.0440. The van der Waals surface area contributed by atoms with Crippen LogP contribution in [0.25, 0.3) is 0 Å². The first-order valence-electron chi connectivity index (χ1n) is 7.16. The van der Waals surface area contributed by atoms with Crippen LogP contribution in [0.15, 0.2) is 29.3 Å². The van der Waals surface area contributed by atoms with Gasteiger partial charge in [-0.15, -0.1) is 0 Å². The van der Waals surface area contributed by atoms with E-state index >= 15 is 0 Å². The maximum absolute atomic E-state index is 5.53. The minimum atomic E-state index is -0.220. The number of hydrogen-bond donors (Lipinski definition) is 1. The van der Waals surface area contributed by atoms with Crippen LogP contribution >= 0.6 is 11.8 Å². The van der Waals surface area contributed by atoms with E-state index in [0.717, 1.165) is 23.0 Å². The summed E-state index contributed by atoms with van der Waals surface area (Å²) in [7, 11) is 0. The van der Waals surface area contributed by atoms with Crippen LogP contribution in [0.1, 0.15) is 31.6 Å². The van der Waals surface area contributed by atoms with Crippen molar-refractivity contribution in [3.63, 3.8) is 0 Å². The van der Waals surface area contributed by atoms with Crippen LogP contribution < -0.4 is 5.32 Å². The first-order chi connectivity index (χ1) is 9.85. The van der Waals surface area contributed by atoms with Crippen molar-refractivity contribution in [3.8, 4) is 0 Å². The summed E-state index contributed by atoms with van der Waals surface area (Å²) in [6, 6.07) is 8.18. The summed E-state index contributed by atoms with van der Waals surface area (Å²) < 4.78 is 11.1. The highest BCUT2D eigenvalue weighted by Gasteiger charge is 2.20. The van der Waals surface area contributed by atoms with Crippen molar-refractivity contribution in [1.29, 1.82) is 0 Å². The molecule has 4 nitrogen and oxygen atoms in total. The van der Waals surface area contributed by atoms with Crippen LogP contribution in [0.4, 0.5) is 5.69 Å². The van der Waals surface area contributed by atoms with Gasteiger partial charge < -0.3 is 14.8 Å². The summed E-state index contributed by atoms with van der Waals surface area (Å²) in [5.74, 6) is 0. The second-order valence-electron chi connectivity index (χ2n) is 5.00. The molecule has 0 spiro atoms. The maximum Gasteiger partial charge on any atom is 0.184 e. The number of nitrogens with zero attached hydrogens (tertiary/aromatic N) is 1.